The van der Waals surface area contributed by atoms with E-state index in [2.05, 4.69) is 31.8 Å². The van der Waals surface area contributed by atoms with Gasteiger partial charge in [-0.25, -0.2) is 4.68 Å². The maximum atomic E-state index is 6.15. The average Bonchev–Trinajstić information content (AvgIpc) is 3.31. The van der Waals surface area contributed by atoms with Crippen LogP contribution in [0.25, 0.3) is 5.69 Å². The third-order valence-electron chi connectivity index (χ3n) is 4.16. The molecule has 2 N–H and O–H groups in total. The zero-order valence-corrected chi connectivity index (χ0v) is 16.9. The van der Waals surface area contributed by atoms with Gasteiger partial charge in [-0.15, -0.1) is 15.3 Å². The summed E-state index contributed by atoms with van der Waals surface area (Å²) in [6, 6.07) is 15.7. The number of nitrogens with zero attached hydrogens (tertiary/aromatic N) is 7. The van der Waals surface area contributed by atoms with E-state index in [-0.39, 0.29) is 6.61 Å². The summed E-state index contributed by atoms with van der Waals surface area (Å²) in [4.78, 5) is 0. The lowest BCUT2D eigenvalue weighted by Gasteiger charge is -2.08. The molecular formula is C19H20N8OS. The molecule has 0 aliphatic rings. The minimum absolute atomic E-state index is 0.231. The lowest BCUT2D eigenvalue weighted by atomic mass is 10.1. The quantitative estimate of drug-likeness (QED) is 0.367. The zero-order valence-electron chi connectivity index (χ0n) is 16.1. The van der Waals surface area contributed by atoms with Gasteiger partial charge in [0, 0.05) is 0 Å². The van der Waals surface area contributed by atoms with Gasteiger partial charge in [0.05, 0.1) is 11.4 Å². The van der Waals surface area contributed by atoms with Crippen LogP contribution in [0.15, 0.2) is 53.7 Å². The van der Waals surface area contributed by atoms with Crippen molar-refractivity contribution in [2.24, 2.45) is 0 Å². The van der Waals surface area contributed by atoms with Gasteiger partial charge in [-0.05, 0) is 59.7 Å². The fraction of sp³-hybridized carbons (Fsp3) is 0.211. The molecule has 4 rings (SSSR count). The summed E-state index contributed by atoms with van der Waals surface area (Å²) in [5.74, 6) is 8.65. The van der Waals surface area contributed by atoms with Gasteiger partial charge in [0.1, 0.15) is 12.4 Å². The Labute approximate surface area is 171 Å². The Morgan fingerprint density at radius 1 is 0.966 bits per heavy atom. The van der Waals surface area contributed by atoms with Crippen LogP contribution in [0.4, 0.5) is 0 Å². The molecule has 148 valence electrons. The molecule has 2 heterocycles. The van der Waals surface area contributed by atoms with E-state index in [0.29, 0.717) is 22.6 Å². The second-order valence-electron chi connectivity index (χ2n) is 6.51. The highest BCUT2D eigenvalue weighted by molar-refractivity contribution is 7.98. The highest BCUT2D eigenvalue weighted by atomic mass is 32.2. The molecule has 0 radical (unpaired) electrons. The van der Waals surface area contributed by atoms with Crippen molar-refractivity contribution >= 4 is 11.8 Å². The van der Waals surface area contributed by atoms with Gasteiger partial charge < -0.3 is 10.6 Å². The summed E-state index contributed by atoms with van der Waals surface area (Å²) in [6.45, 7) is 4.29. The van der Waals surface area contributed by atoms with Crippen molar-refractivity contribution in [2.45, 2.75) is 31.4 Å². The van der Waals surface area contributed by atoms with Gasteiger partial charge in [-0.1, -0.05) is 36.0 Å². The topological polar surface area (TPSA) is 110 Å². The lowest BCUT2D eigenvalue weighted by Crippen LogP contribution is -2.16. The third kappa shape index (κ3) is 4.37. The second-order valence-corrected chi connectivity index (χ2v) is 7.45. The van der Waals surface area contributed by atoms with Crippen LogP contribution < -0.4 is 10.6 Å². The molecule has 9 nitrogen and oxygen atoms in total. The van der Waals surface area contributed by atoms with Gasteiger partial charge in [0.25, 0.3) is 0 Å². The molecule has 0 unspecified atom stereocenters. The fourth-order valence-corrected chi connectivity index (χ4v) is 3.64. The number of benzene rings is 2. The largest absolute Gasteiger partial charge is 0.486 e. The summed E-state index contributed by atoms with van der Waals surface area (Å²) in [5, 5.41) is 20.8. The summed E-state index contributed by atoms with van der Waals surface area (Å²) in [6.07, 6.45) is 0. The van der Waals surface area contributed by atoms with E-state index in [4.69, 9.17) is 10.6 Å². The molecule has 0 aliphatic carbocycles. The minimum atomic E-state index is 0.231. The van der Waals surface area contributed by atoms with E-state index in [9.17, 15) is 0 Å². The van der Waals surface area contributed by atoms with E-state index in [0.717, 1.165) is 22.6 Å². The smallest absolute Gasteiger partial charge is 0.210 e. The van der Waals surface area contributed by atoms with E-state index < -0.39 is 0 Å². The van der Waals surface area contributed by atoms with E-state index in [1.807, 2.05) is 56.3 Å². The van der Waals surface area contributed by atoms with Gasteiger partial charge in [0.15, 0.2) is 11.6 Å². The van der Waals surface area contributed by atoms with Gasteiger partial charge in [-0.2, -0.15) is 4.68 Å². The van der Waals surface area contributed by atoms with Crippen LogP contribution in [-0.2, 0) is 12.4 Å². The molecule has 10 heteroatoms. The molecule has 0 saturated carbocycles. The van der Waals surface area contributed by atoms with Gasteiger partial charge in [0.2, 0.25) is 5.16 Å². The molecule has 4 aromatic rings. The Morgan fingerprint density at radius 3 is 2.48 bits per heavy atom. The number of aryl methyl sites for hydroxylation is 2. The Hall–Kier alpha value is -3.40. The average molecular weight is 408 g/mol. The molecule has 0 bridgehead atoms. The molecule has 0 fully saturated rings. The van der Waals surface area contributed by atoms with Crippen molar-refractivity contribution in [2.75, 3.05) is 5.84 Å². The molecule has 0 aliphatic heterocycles. The van der Waals surface area contributed by atoms with E-state index in [1.54, 1.807) is 4.68 Å². The van der Waals surface area contributed by atoms with Crippen LogP contribution in [0.5, 0.6) is 5.75 Å². The van der Waals surface area contributed by atoms with Crippen molar-refractivity contribution in [1.29, 1.82) is 0 Å². The Bertz CT molecular complexity index is 1090. The number of thioether (sulfide) groups is 1. The Morgan fingerprint density at radius 2 is 1.72 bits per heavy atom. The number of nitrogens with two attached hydrogens (primary N) is 1. The standard InChI is InChI=1S/C19H20N8OS/c1-13-8-14(2)10-16(9-13)28-11-17-21-23-19(26(17)20)29-12-18-22-24-25-27(18)15-6-4-3-5-7-15/h3-10H,11-12,20H2,1-2H3. The normalized spacial score (nSPS) is 11.0. The zero-order chi connectivity index (χ0) is 20.2. The van der Waals surface area contributed by atoms with Crippen molar-refractivity contribution in [3.8, 4) is 11.4 Å². The number of para-hydroxylation sites is 1. The highest BCUT2D eigenvalue weighted by Gasteiger charge is 2.14. The molecule has 0 spiro atoms. The fourth-order valence-electron chi connectivity index (χ4n) is 2.86. The molecular weight excluding hydrogens is 388 g/mol. The van der Waals surface area contributed by atoms with Crippen molar-refractivity contribution in [3.05, 3.63) is 71.3 Å². The molecule has 0 atom stereocenters. The predicted molar refractivity (Wildman–Crippen MR) is 109 cm³/mol. The summed E-state index contributed by atoms with van der Waals surface area (Å²) in [5.41, 5.74) is 3.17. The first kappa shape index (κ1) is 18.9. The molecule has 0 amide bonds. The second kappa shape index (κ2) is 8.31. The van der Waals surface area contributed by atoms with Crippen LogP contribution in [0.1, 0.15) is 22.8 Å². The molecule has 29 heavy (non-hydrogen) atoms. The predicted octanol–water partition coefficient (Wildman–Crippen LogP) is 2.46. The summed E-state index contributed by atoms with van der Waals surface area (Å²) >= 11 is 1.41. The van der Waals surface area contributed by atoms with Crippen LogP contribution >= 0.6 is 11.8 Å². The van der Waals surface area contributed by atoms with Gasteiger partial charge in [-0.3, -0.25) is 0 Å². The molecule has 0 saturated heterocycles. The van der Waals surface area contributed by atoms with Crippen LogP contribution in [0.2, 0.25) is 0 Å². The van der Waals surface area contributed by atoms with Crippen molar-refractivity contribution in [1.82, 2.24) is 35.1 Å². The van der Waals surface area contributed by atoms with Crippen LogP contribution in [0, 0.1) is 13.8 Å². The van der Waals surface area contributed by atoms with Crippen LogP contribution in [-0.4, -0.2) is 35.1 Å². The van der Waals surface area contributed by atoms with Crippen LogP contribution in [0.3, 0.4) is 0 Å². The number of ether oxygens (including phenoxy) is 1. The van der Waals surface area contributed by atoms with Crippen molar-refractivity contribution < 1.29 is 4.74 Å². The Kier molecular flexibility index (Phi) is 5.43. The Balaban J connectivity index is 1.41. The van der Waals surface area contributed by atoms with Gasteiger partial charge >= 0.3 is 0 Å². The lowest BCUT2D eigenvalue weighted by molar-refractivity contribution is 0.291. The first-order chi connectivity index (χ1) is 14.1. The number of rotatable bonds is 7. The number of aromatic nitrogens is 7. The monoisotopic (exact) mass is 408 g/mol. The maximum Gasteiger partial charge on any atom is 0.210 e. The molecule has 2 aromatic carbocycles. The third-order valence-corrected chi connectivity index (χ3v) is 5.10. The number of hydrogen-bond acceptors (Lipinski definition) is 8. The highest BCUT2D eigenvalue weighted by Crippen LogP contribution is 2.22. The first-order valence-electron chi connectivity index (χ1n) is 8.96. The summed E-state index contributed by atoms with van der Waals surface area (Å²) < 4.78 is 8.95. The first-order valence-corrected chi connectivity index (χ1v) is 9.94. The van der Waals surface area contributed by atoms with E-state index in [1.165, 1.54) is 16.4 Å². The number of hydrogen-bond donors (Lipinski definition) is 1. The minimum Gasteiger partial charge on any atom is -0.486 e. The summed E-state index contributed by atoms with van der Waals surface area (Å²) in [7, 11) is 0. The molecule has 2 aromatic heterocycles. The SMILES string of the molecule is Cc1cc(C)cc(OCc2nnc(SCc3nnnn3-c3ccccc3)n2N)c1. The van der Waals surface area contributed by atoms with Crippen molar-refractivity contribution in [3.63, 3.8) is 0 Å². The maximum absolute atomic E-state index is 6.15. The van der Waals surface area contributed by atoms with E-state index >= 15 is 0 Å². The number of tetrazole rings is 1. The number of nitrogen functional groups attached to an aromatic ring is 1.